The Hall–Kier alpha value is -1.26. The van der Waals surface area contributed by atoms with Crippen LogP contribution in [0, 0.1) is 5.92 Å². The van der Waals surface area contributed by atoms with E-state index in [0.29, 0.717) is 5.92 Å². The largest absolute Gasteiger partial charge is 0.493 e. The Labute approximate surface area is 144 Å². The van der Waals surface area contributed by atoms with E-state index in [0.717, 1.165) is 37.4 Å². The highest BCUT2D eigenvalue weighted by molar-refractivity contribution is 5.95. The number of carbonyl (C=O) groups excluding carboxylic acids is 1. The van der Waals surface area contributed by atoms with Crippen molar-refractivity contribution in [2.24, 2.45) is 5.92 Å². The first kappa shape index (κ1) is 18.1. The second-order valence-electron chi connectivity index (χ2n) is 6.48. The minimum Gasteiger partial charge on any atom is -0.493 e. The molecule has 1 aromatic carbocycles. The average molecular weight is 339 g/mol. The highest BCUT2D eigenvalue weighted by Crippen LogP contribution is 2.25. The summed E-state index contributed by atoms with van der Waals surface area (Å²) in [6.07, 6.45) is 8.65. The third-order valence-electron chi connectivity index (χ3n) is 4.71. The molecule has 1 unspecified atom stereocenters. The SMILES string of the molecule is Cl.O=C(Nc1ccc(OCC2CCCCC2)cc1)C1CCCN1. The van der Waals surface area contributed by atoms with Crippen LogP contribution in [-0.2, 0) is 4.79 Å². The van der Waals surface area contributed by atoms with Crippen molar-refractivity contribution in [2.45, 2.75) is 51.0 Å². The molecule has 3 rings (SSSR count). The van der Waals surface area contributed by atoms with E-state index in [1.54, 1.807) is 0 Å². The van der Waals surface area contributed by atoms with Crippen molar-refractivity contribution >= 4 is 24.0 Å². The number of hydrogen-bond donors (Lipinski definition) is 2. The van der Waals surface area contributed by atoms with E-state index in [1.165, 1.54) is 32.1 Å². The molecule has 1 aliphatic carbocycles. The number of halogens is 1. The molecule has 0 spiro atoms. The summed E-state index contributed by atoms with van der Waals surface area (Å²) >= 11 is 0. The smallest absolute Gasteiger partial charge is 0.241 e. The van der Waals surface area contributed by atoms with Gasteiger partial charge in [-0.05, 0) is 62.4 Å². The quantitative estimate of drug-likeness (QED) is 0.859. The fourth-order valence-corrected chi connectivity index (χ4v) is 3.34. The number of rotatable bonds is 5. The van der Waals surface area contributed by atoms with E-state index in [9.17, 15) is 4.79 Å². The molecular formula is C18H27ClN2O2. The zero-order valence-electron chi connectivity index (χ0n) is 13.6. The first-order chi connectivity index (χ1) is 10.8. The minimum atomic E-state index is -0.0396. The molecular weight excluding hydrogens is 312 g/mol. The highest BCUT2D eigenvalue weighted by Gasteiger charge is 2.21. The van der Waals surface area contributed by atoms with Gasteiger partial charge in [-0.3, -0.25) is 4.79 Å². The molecule has 1 amide bonds. The Morgan fingerprint density at radius 1 is 1.09 bits per heavy atom. The Morgan fingerprint density at radius 2 is 1.83 bits per heavy atom. The van der Waals surface area contributed by atoms with Gasteiger partial charge in [0.1, 0.15) is 5.75 Å². The molecule has 5 heteroatoms. The summed E-state index contributed by atoms with van der Waals surface area (Å²) in [6.45, 7) is 1.75. The molecule has 0 bridgehead atoms. The summed E-state index contributed by atoms with van der Waals surface area (Å²) < 4.78 is 5.88. The van der Waals surface area contributed by atoms with E-state index >= 15 is 0 Å². The maximum absolute atomic E-state index is 12.0. The molecule has 1 heterocycles. The van der Waals surface area contributed by atoms with Crippen LogP contribution in [0.25, 0.3) is 0 Å². The molecule has 1 atom stereocenters. The number of ether oxygens (including phenoxy) is 1. The van der Waals surface area contributed by atoms with Crippen molar-refractivity contribution in [1.29, 1.82) is 0 Å². The van der Waals surface area contributed by atoms with Crippen molar-refractivity contribution in [1.82, 2.24) is 5.32 Å². The van der Waals surface area contributed by atoms with Gasteiger partial charge in [-0.2, -0.15) is 0 Å². The number of amides is 1. The summed E-state index contributed by atoms with van der Waals surface area (Å²) in [5, 5.41) is 6.17. The fraction of sp³-hybridized carbons (Fsp3) is 0.611. The number of anilines is 1. The molecule has 0 radical (unpaired) electrons. The average Bonchev–Trinajstić information content (AvgIpc) is 3.10. The lowest BCUT2D eigenvalue weighted by atomic mass is 9.90. The molecule has 1 saturated carbocycles. The van der Waals surface area contributed by atoms with Gasteiger partial charge in [-0.25, -0.2) is 0 Å². The van der Waals surface area contributed by atoms with Crippen molar-refractivity contribution in [3.63, 3.8) is 0 Å². The Bertz CT molecular complexity index is 480. The van der Waals surface area contributed by atoms with Gasteiger partial charge in [-0.15, -0.1) is 12.4 Å². The van der Waals surface area contributed by atoms with Crippen LogP contribution in [0.4, 0.5) is 5.69 Å². The zero-order valence-corrected chi connectivity index (χ0v) is 14.4. The molecule has 1 aliphatic heterocycles. The molecule has 4 nitrogen and oxygen atoms in total. The van der Waals surface area contributed by atoms with E-state index < -0.39 is 0 Å². The maximum Gasteiger partial charge on any atom is 0.241 e. The van der Waals surface area contributed by atoms with Crippen LogP contribution < -0.4 is 15.4 Å². The lowest BCUT2D eigenvalue weighted by molar-refractivity contribution is -0.117. The van der Waals surface area contributed by atoms with Crippen molar-refractivity contribution in [2.75, 3.05) is 18.5 Å². The minimum absolute atomic E-state index is 0. The third-order valence-corrected chi connectivity index (χ3v) is 4.71. The maximum atomic E-state index is 12.0. The van der Waals surface area contributed by atoms with E-state index in [1.807, 2.05) is 24.3 Å². The van der Waals surface area contributed by atoms with Crippen LogP contribution in [0.1, 0.15) is 44.9 Å². The van der Waals surface area contributed by atoms with Crippen LogP contribution >= 0.6 is 12.4 Å². The summed E-state index contributed by atoms with van der Waals surface area (Å²) in [6, 6.07) is 7.69. The molecule has 128 valence electrons. The van der Waals surface area contributed by atoms with Gasteiger partial charge in [0.05, 0.1) is 12.6 Å². The second-order valence-corrected chi connectivity index (χ2v) is 6.48. The topological polar surface area (TPSA) is 50.4 Å². The van der Waals surface area contributed by atoms with Crippen LogP contribution in [0.2, 0.25) is 0 Å². The van der Waals surface area contributed by atoms with Crippen molar-refractivity contribution in [3.05, 3.63) is 24.3 Å². The molecule has 23 heavy (non-hydrogen) atoms. The highest BCUT2D eigenvalue weighted by atomic mass is 35.5. The monoisotopic (exact) mass is 338 g/mol. The zero-order chi connectivity index (χ0) is 15.2. The van der Waals surface area contributed by atoms with Gasteiger partial charge in [0.2, 0.25) is 5.91 Å². The fourth-order valence-electron chi connectivity index (χ4n) is 3.34. The molecule has 1 aromatic rings. The lowest BCUT2D eigenvalue weighted by Gasteiger charge is -2.21. The van der Waals surface area contributed by atoms with Gasteiger partial charge in [-0.1, -0.05) is 19.3 Å². The Balaban J connectivity index is 0.00000192. The predicted octanol–water partition coefficient (Wildman–Crippen LogP) is 3.76. The van der Waals surface area contributed by atoms with Crippen LogP contribution in [0.5, 0.6) is 5.75 Å². The van der Waals surface area contributed by atoms with Gasteiger partial charge in [0.25, 0.3) is 0 Å². The summed E-state index contributed by atoms with van der Waals surface area (Å²) in [7, 11) is 0. The number of hydrogen-bond acceptors (Lipinski definition) is 3. The molecule has 0 aromatic heterocycles. The van der Waals surface area contributed by atoms with Crippen LogP contribution in [-0.4, -0.2) is 25.1 Å². The Morgan fingerprint density at radius 3 is 2.48 bits per heavy atom. The normalized spacial score (nSPS) is 21.5. The predicted molar refractivity (Wildman–Crippen MR) is 95.4 cm³/mol. The molecule has 1 saturated heterocycles. The van der Waals surface area contributed by atoms with Gasteiger partial charge >= 0.3 is 0 Å². The van der Waals surface area contributed by atoms with Crippen molar-refractivity contribution in [3.8, 4) is 5.75 Å². The van der Waals surface area contributed by atoms with Crippen LogP contribution in [0.15, 0.2) is 24.3 Å². The first-order valence-corrected chi connectivity index (χ1v) is 8.58. The molecule has 2 fully saturated rings. The van der Waals surface area contributed by atoms with Gasteiger partial charge in [0.15, 0.2) is 0 Å². The van der Waals surface area contributed by atoms with Crippen molar-refractivity contribution < 1.29 is 9.53 Å². The van der Waals surface area contributed by atoms with E-state index in [2.05, 4.69) is 10.6 Å². The number of benzene rings is 1. The number of carbonyl (C=O) groups is 1. The third kappa shape index (κ3) is 5.40. The number of nitrogens with one attached hydrogen (secondary N) is 2. The molecule has 2 N–H and O–H groups in total. The van der Waals surface area contributed by atoms with Gasteiger partial charge in [0, 0.05) is 5.69 Å². The first-order valence-electron chi connectivity index (χ1n) is 8.58. The second kappa shape index (κ2) is 9.14. The summed E-state index contributed by atoms with van der Waals surface area (Å²) in [5.41, 5.74) is 0.837. The summed E-state index contributed by atoms with van der Waals surface area (Å²) in [4.78, 5) is 12.0. The lowest BCUT2D eigenvalue weighted by Crippen LogP contribution is -2.35. The van der Waals surface area contributed by atoms with E-state index in [4.69, 9.17) is 4.74 Å². The summed E-state index contributed by atoms with van der Waals surface area (Å²) in [5.74, 6) is 1.66. The van der Waals surface area contributed by atoms with E-state index in [-0.39, 0.29) is 24.4 Å². The molecule has 2 aliphatic rings. The van der Waals surface area contributed by atoms with Gasteiger partial charge < -0.3 is 15.4 Å². The Kier molecular flexibility index (Phi) is 7.18. The van der Waals surface area contributed by atoms with Crippen LogP contribution in [0.3, 0.4) is 0 Å². The standard InChI is InChI=1S/C18H26N2O2.ClH/c21-18(17-7-4-12-19-17)20-15-8-10-16(11-9-15)22-13-14-5-2-1-3-6-14;/h8-11,14,17,19H,1-7,12-13H2,(H,20,21);1H.